The molecule has 3 aromatic rings. The summed E-state index contributed by atoms with van der Waals surface area (Å²) < 4.78 is 1.94. The van der Waals surface area contributed by atoms with Crippen molar-refractivity contribution in [2.75, 3.05) is 5.73 Å². The van der Waals surface area contributed by atoms with Gasteiger partial charge in [0, 0.05) is 6.07 Å². The monoisotopic (exact) mass is 287 g/mol. The van der Waals surface area contributed by atoms with Crippen LogP contribution in [0.15, 0.2) is 35.1 Å². The Balaban J connectivity index is 2.15. The molecule has 20 heavy (non-hydrogen) atoms. The van der Waals surface area contributed by atoms with Crippen molar-refractivity contribution in [2.45, 2.75) is 13.0 Å². The van der Waals surface area contributed by atoms with E-state index in [0.717, 1.165) is 16.9 Å². The van der Waals surface area contributed by atoms with E-state index in [1.54, 1.807) is 4.57 Å². The van der Waals surface area contributed by atoms with E-state index >= 15 is 0 Å². The summed E-state index contributed by atoms with van der Waals surface area (Å²) in [5, 5.41) is 0. The number of H-pyrrole nitrogens is 2. The molecule has 7 heteroatoms. The van der Waals surface area contributed by atoms with E-state index in [9.17, 15) is 4.79 Å². The zero-order valence-electron chi connectivity index (χ0n) is 10.8. The van der Waals surface area contributed by atoms with Gasteiger partial charge in [0.25, 0.3) is 5.56 Å². The number of imidazole rings is 1. The molecule has 0 radical (unpaired) electrons. The third-order valence-corrected chi connectivity index (χ3v) is 3.50. The van der Waals surface area contributed by atoms with E-state index in [2.05, 4.69) is 15.0 Å². The first kappa shape index (κ1) is 12.6. The quantitative estimate of drug-likeness (QED) is 0.628. The van der Waals surface area contributed by atoms with E-state index in [-0.39, 0.29) is 16.4 Å². The number of nitrogen functional groups attached to an aromatic ring is 1. The second-order valence-electron chi connectivity index (χ2n) is 4.55. The highest BCUT2D eigenvalue weighted by Crippen LogP contribution is 2.21. The third kappa shape index (κ3) is 2.01. The zero-order chi connectivity index (χ0) is 14.3. The smallest absolute Gasteiger partial charge is 0.253 e. The predicted molar refractivity (Wildman–Crippen MR) is 80.2 cm³/mol. The molecule has 6 nitrogen and oxygen atoms in total. The third-order valence-electron chi connectivity index (χ3n) is 3.20. The number of rotatable bonds is 2. The zero-order valence-corrected chi connectivity index (χ0v) is 11.6. The minimum atomic E-state index is -0.305. The molecule has 0 amide bonds. The standard InChI is InChI=1S/C13H13N5OS/c1-7(18-10(14)6-11(19)17-13(18)20)12-15-8-4-2-3-5-9(8)16-12/h2-7H,14H2,1H3,(H,15,16)(H,17,19,20). The first-order chi connectivity index (χ1) is 9.56. The second-order valence-corrected chi connectivity index (χ2v) is 4.94. The van der Waals surface area contributed by atoms with Gasteiger partial charge in [0.15, 0.2) is 4.77 Å². The first-order valence-corrected chi connectivity index (χ1v) is 6.53. The number of benzene rings is 1. The summed E-state index contributed by atoms with van der Waals surface area (Å²) in [6.45, 7) is 1.92. The highest BCUT2D eigenvalue weighted by atomic mass is 32.1. The van der Waals surface area contributed by atoms with E-state index < -0.39 is 0 Å². The van der Waals surface area contributed by atoms with Crippen molar-refractivity contribution in [3.05, 3.63) is 51.3 Å². The second kappa shape index (κ2) is 4.61. The molecule has 1 unspecified atom stereocenters. The lowest BCUT2D eigenvalue weighted by atomic mass is 10.3. The fourth-order valence-electron chi connectivity index (χ4n) is 2.21. The van der Waals surface area contributed by atoms with Crippen molar-refractivity contribution in [1.29, 1.82) is 0 Å². The van der Waals surface area contributed by atoms with Gasteiger partial charge in [-0.15, -0.1) is 0 Å². The highest BCUT2D eigenvalue weighted by molar-refractivity contribution is 7.71. The molecular weight excluding hydrogens is 274 g/mol. The number of aromatic amines is 2. The molecule has 102 valence electrons. The van der Waals surface area contributed by atoms with Gasteiger partial charge in [0.05, 0.1) is 17.1 Å². The van der Waals surface area contributed by atoms with Gasteiger partial charge < -0.3 is 10.7 Å². The Hall–Kier alpha value is -2.41. The molecule has 2 aromatic heterocycles. The van der Waals surface area contributed by atoms with Crippen LogP contribution < -0.4 is 11.3 Å². The molecule has 0 aliphatic carbocycles. The summed E-state index contributed by atoms with van der Waals surface area (Å²) in [4.78, 5) is 21.6. The molecule has 4 N–H and O–H groups in total. The first-order valence-electron chi connectivity index (χ1n) is 6.12. The Morgan fingerprint density at radius 2 is 2.10 bits per heavy atom. The average molecular weight is 287 g/mol. The summed E-state index contributed by atoms with van der Waals surface area (Å²) in [5.41, 5.74) is 7.41. The SMILES string of the molecule is CC(c1nc2ccccc2[nH]1)n1c(N)cc(=O)[nH]c1=S. The Kier molecular flexibility index (Phi) is 2.90. The van der Waals surface area contributed by atoms with Crippen LogP contribution in [-0.2, 0) is 0 Å². The van der Waals surface area contributed by atoms with Crippen molar-refractivity contribution in [1.82, 2.24) is 19.5 Å². The normalized spacial score (nSPS) is 12.7. The lowest BCUT2D eigenvalue weighted by Gasteiger charge is -2.15. The van der Waals surface area contributed by atoms with Crippen LogP contribution in [0.25, 0.3) is 11.0 Å². The minimum absolute atomic E-state index is 0.202. The maximum atomic E-state index is 11.3. The van der Waals surface area contributed by atoms with Gasteiger partial charge in [0.1, 0.15) is 11.6 Å². The van der Waals surface area contributed by atoms with Crippen LogP contribution in [0, 0.1) is 4.77 Å². The van der Waals surface area contributed by atoms with Gasteiger partial charge in [-0.3, -0.25) is 14.3 Å². The van der Waals surface area contributed by atoms with Crippen molar-refractivity contribution < 1.29 is 0 Å². The Morgan fingerprint density at radius 1 is 1.35 bits per heavy atom. The van der Waals surface area contributed by atoms with Crippen molar-refractivity contribution in [3.8, 4) is 0 Å². The Morgan fingerprint density at radius 3 is 2.80 bits per heavy atom. The summed E-state index contributed by atoms with van der Waals surface area (Å²) in [5.74, 6) is 1.05. The number of anilines is 1. The van der Waals surface area contributed by atoms with Crippen molar-refractivity contribution >= 4 is 29.1 Å². The molecule has 0 saturated heterocycles. The van der Waals surface area contributed by atoms with Crippen LogP contribution >= 0.6 is 12.2 Å². The Labute approximate surface area is 119 Å². The number of aromatic nitrogens is 4. The molecule has 0 spiro atoms. The average Bonchev–Trinajstić information content (AvgIpc) is 2.81. The van der Waals surface area contributed by atoms with Crippen LogP contribution in [0.3, 0.4) is 0 Å². The molecule has 0 bridgehead atoms. The summed E-state index contributed by atoms with van der Waals surface area (Å²) in [6.07, 6.45) is 0. The van der Waals surface area contributed by atoms with Crippen LogP contribution in [0.5, 0.6) is 0 Å². The number of nitrogens with one attached hydrogen (secondary N) is 2. The molecule has 2 heterocycles. The topological polar surface area (TPSA) is 92.5 Å². The number of hydrogen-bond donors (Lipinski definition) is 3. The number of nitrogens with zero attached hydrogens (tertiary/aromatic N) is 2. The number of nitrogens with two attached hydrogens (primary N) is 1. The van der Waals surface area contributed by atoms with E-state index in [0.29, 0.717) is 5.82 Å². The minimum Gasteiger partial charge on any atom is -0.385 e. The number of para-hydroxylation sites is 2. The van der Waals surface area contributed by atoms with Crippen LogP contribution in [-0.4, -0.2) is 19.5 Å². The number of hydrogen-bond acceptors (Lipinski definition) is 4. The molecule has 3 rings (SSSR count). The van der Waals surface area contributed by atoms with Gasteiger partial charge in [-0.05, 0) is 31.3 Å². The van der Waals surface area contributed by atoms with Crippen LogP contribution in [0.2, 0.25) is 0 Å². The molecule has 0 aliphatic heterocycles. The fraction of sp³-hybridized carbons (Fsp3) is 0.154. The van der Waals surface area contributed by atoms with Crippen LogP contribution in [0.4, 0.5) is 5.82 Å². The van der Waals surface area contributed by atoms with Crippen molar-refractivity contribution in [2.24, 2.45) is 0 Å². The maximum absolute atomic E-state index is 11.3. The van der Waals surface area contributed by atoms with Gasteiger partial charge in [-0.2, -0.15) is 0 Å². The molecule has 0 saturated carbocycles. The highest BCUT2D eigenvalue weighted by Gasteiger charge is 2.15. The lowest BCUT2D eigenvalue weighted by molar-refractivity contribution is 0.592. The van der Waals surface area contributed by atoms with E-state index in [1.165, 1.54) is 6.07 Å². The lowest BCUT2D eigenvalue weighted by Crippen LogP contribution is -2.20. The van der Waals surface area contributed by atoms with E-state index in [4.69, 9.17) is 18.0 Å². The molecule has 0 aliphatic rings. The summed E-state index contributed by atoms with van der Waals surface area (Å²) in [7, 11) is 0. The van der Waals surface area contributed by atoms with E-state index in [1.807, 2.05) is 31.2 Å². The largest absolute Gasteiger partial charge is 0.385 e. The van der Waals surface area contributed by atoms with Gasteiger partial charge in [-0.1, -0.05) is 12.1 Å². The summed E-state index contributed by atoms with van der Waals surface area (Å²) in [6, 6.07) is 8.86. The molecule has 1 atom stereocenters. The van der Waals surface area contributed by atoms with Gasteiger partial charge >= 0.3 is 0 Å². The number of fused-ring (bicyclic) bond motifs is 1. The van der Waals surface area contributed by atoms with Crippen molar-refractivity contribution in [3.63, 3.8) is 0 Å². The predicted octanol–water partition coefficient (Wildman–Crippen LogP) is 1.97. The Bertz CT molecular complexity index is 858. The summed E-state index contributed by atoms with van der Waals surface area (Å²) >= 11 is 5.17. The molecular formula is C13H13N5OS. The van der Waals surface area contributed by atoms with Crippen LogP contribution in [0.1, 0.15) is 18.8 Å². The van der Waals surface area contributed by atoms with Gasteiger partial charge in [-0.25, -0.2) is 4.98 Å². The van der Waals surface area contributed by atoms with Gasteiger partial charge in [0.2, 0.25) is 0 Å². The fourth-order valence-corrected chi connectivity index (χ4v) is 2.58. The maximum Gasteiger partial charge on any atom is 0.253 e. The molecule has 1 aromatic carbocycles. The molecule has 0 fully saturated rings.